The third kappa shape index (κ3) is 5.82. The number of carbonyl (C=O) groups is 1. The van der Waals surface area contributed by atoms with E-state index in [1.54, 1.807) is 31.3 Å². The van der Waals surface area contributed by atoms with E-state index in [2.05, 4.69) is 62.3 Å². The molecule has 0 atom stereocenters. The number of ether oxygens (including phenoxy) is 1. The van der Waals surface area contributed by atoms with Crippen LogP contribution in [0.5, 0.6) is 5.75 Å². The van der Waals surface area contributed by atoms with Crippen LogP contribution in [0.4, 0.5) is 5.69 Å². The first-order chi connectivity index (χ1) is 20.1. The Kier molecular flexibility index (Phi) is 7.97. The monoisotopic (exact) mass is 583 g/mol. The highest BCUT2D eigenvalue weighted by Crippen LogP contribution is 2.31. The number of amides is 1. The number of anilines is 1. The molecule has 3 aromatic heterocycles. The standard InChI is InChI=1S/C30H29N7O2S2/c1-21-9-11-23(12-10-21)37-28(22-6-5-13-31-18-22)33-34-30(37)41-20-27-32-24(19-40-27)29(38)36-16-14-35(15-17-36)25-7-3-4-8-26(25)39-2/h3-13,18-19H,14-17,20H2,1-2H3. The van der Waals surface area contributed by atoms with E-state index in [9.17, 15) is 4.79 Å². The first-order valence-electron chi connectivity index (χ1n) is 13.3. The summed E-state index contributed by atoms with van der Waals surface area (Å²) in [5, 5.41) is 12.5. The van der Waals surface area contributed by atoms with Crippen LogP contribution >= 0.6 is 23.1 Å². The molecule has 4 heterocycles. The molecule has 5 aromatic rings. The minimum Gasteiger partial charge on any atom is -0.495 e. The van der Waals surface area contributed by atoms with Crippen molar-refractivity contribution in [1.82, 2.24) is 29.6 Å². The minimum absolute atomic E-state index is 0.0288. The normalized spacial score (nSPS) is 13.4. The Balaban J connectivity index is 1.13. The van der Waals surface area contributed by atoms with E-state index in [4.69, 9.17) is 4.74 Å². The number of thiazole rings is 1. The van der Waals surface area contributed by atoms with E-state index in [1.807, 2.05) is 45.2 Å². The number of thioether (sulfide) groups is 1. The van der Waals surface area contributed by atoms with E-state index in [-0.39, 0.29) is 5.91 Å². The maximum Gasteiger partial charge on any atom is 0.273 e. The Morgan fingerprint density at radius 2 is 1.80 bits per heavy atom. The van der Waals surface area contributed by atoms with Crippen LogP contribution in [0.3, 0.4) is 0 Å². The Labute approximate surface area is 246 Å². The molecule has 11 heteroatoms. The van der Waals surface area contributed by atoms with Crippen molar-refractivity contribution < 1.29 is 9.53 Å². The third-order valence-corrected chi connectivity index (χ3v) is 8.91. The van der Waals surface area contributed by atoms with Crippen molar-refractivity contribution in [3.8, 4) is 22.8 Å². The molecule has 0 aliphatic carbocycles. The zero-order chi connectivity index (χ0) is 28.2. The van der Waals surface area contributed by atoms with Gasteiger partial charge in [-0.05, 0) is 43.3 Å². The highest BCUT2D eigenvalue weighted by atomic mass is 32.2. The van der Waals surface area contributed by atoms with Gasteiger partial charge in [-0.1, -0.05) is 41.6 Å². The first-order valence-corrected chi connectivity index (χ1v) is 15.1. The van der Waals surface area contributed by atoms with Crippen molar-refractivity contribution in [2.24, 2.45) is 0 Å². The molecule has 0 radical (unpaired) electrons. The molecule has 0 N–H and O–H groups in total. The predicted octanol–water partition coefficient (Wildman–Crippen LogP) is 5.36. The van der Waals surface area contributed by atoms with Gasteiger partial charge >= 0.3 is 0 Å². The van der Waals surface area contributed by atoms with Gasteiger partial charge in [-0.15, -0.1) is 21.5 Å². The molecule has 6 rings (SSSR count). The van der Waals surface area contributed by atoms with Crippen LogP contribution in [-0.2, 0) is 5.75 Å². The van der Waals surface area contributed by atoms with Crippen molar-refractivity contribution in [3.63, 3.8) is 0 Å². The molecule has 1 aliphatic heterocycles. The second-order valence-corrected chi connectivity index (χ2v) is 11.5. The second kappa shape index (κ2) is 12.1. The van der Waals surface area contributed by atoms with Gasteiger partial charge in [-0.2, -0.15) is 0 Å². The Bertz CT molecular complexity index is 1630. The zero-order valence-corrected chi connectivity index (χ0v) is 24.4. The van der Waals surface area contributed by atoms with Crippen molar-refractivity contribution in [2.45, 2.75) is 17.8 Å². The Hall–Kier alpha value is -4.22. The number of aromatic nitrogens is 5. The molecule has 41 heavy (non-hydrogen) atoms. The van der Waals surface area contributed by atoms with Crippen molar-refractivity contribution in [2.75, 3.05) is 38.2 Å². The molecule has 2 aromatic carbocycles. The number of rotatable bonds is 8. The molecule has 1 fully saturated rings. The summed E-state index contributed by atoms with van der Waals surface area (Å²) >= 11 is 3.05. The molecule has 0 saturated carbocycles. The number of aryl methyl sites for hydroxylation is 1. The Morgan fingerprint density at radius 1 is 1.00 bits per heavy atom. The van der Waals surface area contributed by atoms with E-state index in [1.165, 1.54) is 16.9 Å². The lowest BCUT2D eigenvalue weighted by Gasteiger charge is -2.36. The quantitative estimate of drug-likeness (QED) is 0.226. The molecule has 0 spiro atoms. The summed E-state index contributed by atoms with van der Waals surface area (Å²) in [7, 11) is 1.68. The lowest BCUT2D eigenvalue weighted by molar-refractivity contribution is 0.0741. The van der Waals surface area contributed by atoms with Crippen molar-refractivity contribution >= 4 is 34.7 Å². The number of para-hydroxylation sites is 2. The van der Waals surface area contributed by atoms with E-state index in [0.29, 0.717) is 24.5 Å². The molecular formula is C30H29N7O2S2. The van der Waals surface area contributed by atoms with Gasteiger partial charge in [0, 0.05) is 55.2 Å². The smallest absolute Gasteiger partial charge is 0.273 e. The first kappa shape index (κ1) is 27.0. The van der Waals surface area contributed by atoms with Crippen LogP contribution < -0.4 is 9.64 Å². The topological polar surface area (TPSA) is 89.3 Å². The van der Waals surface area contributed by atoms with Gasteiger partial charge in [-0.25, -0.2) is 4.98 Å². The number of hydrogen-bond donors (Lipinski definition) is 0. The van der Waals surface area contributed by atoms with Gasteiger partial charge in [0.15, 0.2) is 11.0 Å². The van der Waals surface area contributed by atoms with Crippen LogP contribution in [-0.4, -0.2) is 68.8 Å². The predicted molar refractivity (Wildman–Crippen MR) is 162 cm³/mol. The minimum atomic E-state index is -0.0288. The van der Waals surface area contributed by atoms with Crippen LogP contribution in [0.15, 0.2) is 83.6 Å². The molecule has 9 nitrogen and oxygen atoms in total. The van der Waals surface area contributed by atoms with E-state index in [0.717, 1.165) is 51.8 Å². The maximum absolute atomic E-state index is 13.3. The fourth-order valence-electron chi connectivity index (χ4n) is 4.78. The van der Waals surface area contributed by atoms with Gasteiger partial charge in [-0.3, -0.25) is 14.3 Å². The van der Waals surface area contributed by atoms with Gasteiger partial charge in [0.05, 0.1) is 18.6 Å². The summed E-state index contributed by atoms with van der Waals surface area (Å²) in [6, 6.07) is 20.1. The number of pyridine rings is 1. The molecule has 1 amide bonds. The SMILES string of the molecule is COc1ccccc1N1CCN(C(=O)c2csc(CSc3nnc(-c4cccnc4)n3-c3ccc(C)cc3)n2)CC1. The number of hydrogen-bond acceptors (Lipinski definition) is 9. The largest absolute Gasteiger partial charge is 0.495 e. The maximum atomic E-state index is 13.3. The molecule has 1 saturated heterocycles. The molecule has 0 bridgehead atoms. The van der Waals surface area contributed by atoms with Crippen LogP contribution in [0, 0.1) is 6.92 Å². The molecule has 1 aliphatic rings. The van der Waals surface area contributed by atoms with Crippen LogP contribution in [0.25, 0.3) is 17.1 Å². The number of methoxy groups -OCH3 is 1. The molecule has 208 valence electrons. The van der Waals surface area contributed by atoms with Crippen LogP contribution in [0.1, 0.15) is 21.1 Å². The highest BCUT2D eigenvalue weighted by Gasteiger charge is 2.25. The summed E-state index contributed by atoms with van der Waals surface area (Å²) in [5.41, 5.74) is 4.59. The second-order valence-electron chi connectivity index (χ2n) is 9.59. The summed E-state index contributed by atoms with van der Waals surface area (Å²) in [6.07, 6.45) is 3.53. The van der Waals surface area contributed by atoms with Crippen LogP contribution in [0.2, 0.25) is 0 Å². The average molecular weight is 584 g/mol. The summed E-state index contributed by atoms with van der Waals surface area (Å²) in [4.78, 5) is 26.4. The summed E-state index contributed by atoms with van der Waals surface area (Å²) in [5.74, 6) is 2.13. The van der Waals surface area contributed by atoms with E-state index >= 15 is 0 Å². The number of piperazine rings is 1. The Morgan fingerprint density at radius 3 is 2.56 bits per heavy atom. The van der Waals surface area contributed by atoms with Gasteiger partial charge in [0.1, 0.15) is 16.5 Å². The average Bonchev–Trinajstić information content (AvgIpc) is 3.68. The van der Waals surface area contributed by atoms with Gasteiger partial charge in [0.25, 0.3) is 5.91 Å². The lowest BCUT2D eigenvalue weighted by Crippen LogP contribution is -2.49. The number of carbonyl (C=O) groups excluding carboxylic acids is 1. The zero-order valence-electron chi connectivity index (χ0n) is 22.8. The fraction of sp³-hybridized carbons (Fsp3) is 0.233. The molecule has 0 unspecified atom stereocenters. The van der Waals surface area contributed by atoms with Gasteiger partial charge < -0.3 is 14.5 Å². The van der Waals surface area contributed by atoms with Gasteiger partial charge in [0.2, 0.25) is 0 Å². The molecular weight excluding hydrogens is 555 g/mol. The number of benzene rings is 2. The van der Waals surface area contributed by atoms with Crippen molar-refractivity contribution in [1.29, 1.82) is 0 Å². The third-order valence-electron chi connectivity index (χ3n) is 6.93. The lowest BCUT2D eigenvalue weighted by atomic mass is 10.2. The number of nitrogens with zero attached hydrogens (tertiary/aromatic N) is 7. The highest BCUT2D eigenvalue weighted by molar-refractivity contribution is 7.98. The summed E-state index contributed by atoms with van der Waals surface area (Å²) in [6.45, 7) is 4.82. The summed E-state index contributed by atoms with van der Waals surface area (Å²) < 4.78 is 7.56. The van der Waals surface area contributed by atoms with E-state index < -0.39 is 0 Å². The fourth-order valence-corrected chi connectivity index (χ4v) is 6.52. The van der Waals surface area contributed by atoms with Crippen molar-refractivity contribution in [3.05, 3.63) is 94.7 Å².